The molecule has 0 aromatic carbocycles. The third kappa shape index (κ3) is 31.2. The molecule has 0 aromatic heterocycles. The fraction of sp³-hybridized carbons (Fsp3) is 0.909. The molecule has 0 bridgehead atoms. The fourth-order valence-electron chi connectivity index (χ4n) is 4.75. The zero-order chi connectivity index (χ0) is 25.7. The lowest BCUT2D eigenvalue weighted by Gasteiger charge is -2.05. The lowest BCUT2D eigenvalue weighted by molar-refractivity contribution is -0.137. The van der Waals surface area contributed by atoms with Gasteiger partial charge in [0.2, 0.25) is 0 Å². The van der Waals surface area contributed by atoms with Gasteiger partial charge >= 0.3 is 5.97 Å². The number of allylic oxidation sites excluding steroid dienone is 1. The molecule has 0 aliphatic rings. The first-order chi connectivity index (χ1) is 17.2. The van der Waals surface area contributed by atoms with E-state index in [2.05, 4.69) is 20.8 Å². The van der Waals surface area contributed by atoms with Gasteiger partial charge in [-0.05, 0) is 25.2 Å². The van der Waals surface area contributed by atoms with Crippen molar-refractivity contribution in [1.82, 2.24) is 0 Å². The minimum atomic E-state index is -0.155. The van der Waals surface area contributed by atoms with Crippen LogP contribution in [0.15, 0.2) is 12.2 Å². The quantitative estimate of drug-likeness (QED) is 0.0616. The maximum Gasteiger partial charge on any atom is 0.330 e. The molecule has 0 spiro atoms. The normalized spacial score (nSPS) is 11.7. The Labute approximate surface area is 221 Å². The predicted octanol–water partition coefficient (Wildman–Crippen LogP) is 11.5. The number of hydrogen-bond donors (Lipinski definition) is 0. The summed E-state index contributed by atoms with van der Waals surface area (Å²) < 4.78 is 5.33. The van der Waals surface area contributed by atoms with E-state index in [1.807, 2.05) is 6.08 Å². The third-order valence-electron chi connectivity index (χ3n) is 7.15. The summed E-state index contributed by atoms with van der Waals surface area (Å²) in [4.78, 5) is 11.8. The lowest BCUT2D eigenvalue weighted by Crippen LogP contribution is -2.02. The molecule has 0 saturated carbocycles. The summed E-state index contributed by atoms with van der Waals surface area (Å²) in [5.74, 6) is 0.705. The van der Waals surface area contributed by atoms with Crippen LogP contribution in [0.3, 0.4) is 0 Å². The van der Waals surface area contributed by atoms with Crippen molar-refractivity contribution in [2.45, 2.75) is 181 Å². The van der Waals surface area contributed by atoms with Gasteiger partial charge in [0.1, 0.15) is 0 Å². The highest BCUT2D eigenvalue weighted by Gasteiger charge is 1.98. The summed E-state index contributed by atoms with van der Waals surface area (Å²) in [6.07, 6.45) is 37.2. The van der Waals surface area contributed by atoms with Crippen LogP contribution in [0.5, 0.6) is 0 Å². The van der Waals surface area contributed by atoms with Crippen LogP contribution >= 0.6 is 0 Å². The highest BCUT2D eigenvalue weighted by atomic mass is 16.5. The molecule has 2 nitrogen and oxygen atoms in total. The van der Waals surface area contributed by atoms with E-state index in [-0.39, 0.29) is 5.97 Å². The van der Waals surface area contributed by atoms with Gasteiger partial charge < -0.3 is 4.74 Å². The zero-order valence-electron chi connectivity index (χ0n) is 24.4. The summed E-state index contributed by atoms with van der Waals surface area (Å²) in [5.41, 5.74) is 0. The molecule has 0 amide bonds. The highest BCUT2D eigenvalue weighted by Crippen LogP contribution is 2.14. The molecule has 0 aliphatic heterocycles. The van der Waals surface area contributed by atoms with Crippen molar-refractivity contribution in [1.29, 1.82) is 0 Å². The molecular weight excluding hydrogens is 428 g/mol. The van der Waals surface area contributed by atoms with E-state index in [1.54, 1.807) is 6.08 Å². The summed E-state index contributed by atoms with van der Waals surface area (Å²) in [7, 11) is 0. The van der Waals surface area contributed by atoms with Crippen molar-refractivity contribution in [3.8, 4) is 0 Å². The summed E-state index contributed by atoms with van der Waals surface area (Å²) >= 11 is 0. The van der Waals surface area contributed by atoms with Crippen LogP contribution in [0, 0.1) is 5.92 Å². The summed E-state index contributed by atoms with van der Waals surface area (Å²) in [5, 5.41) is 0. The number of carbonyl (C=O) groups excluding carboxylic acids is 1. The summed E-state index contributed by atoms with van der Waals surface area (Å²) in [6.45, 7) is 7.50. The predicted molar refractivity (Wildman–Crippen MR) is 156 cm³/mol. The number of ether oxygens (including phenoxy) is 1. The van der Waals surface area contributed by atoms with E-state index < -0.39 is 0 Å². The molecule has 0 radical (unpaired) electrons. The Bertz CT molecular complexity index is 440. The topological polar surface area (TPSA) is 26.3 Å². The Kier molecular flexibility index (Phi) is 28.8. The fourth-order valence-corrected chi connectivity index (χ4v) is 4.75. The van der Waals surface area contributed by atoms with Crippen LogP contribution in [-0.2, 0) is 9.53 Å². The Balaban J connectivity index is 3.23. The molecule has 0 aromatic rings. The number of unbranched alkanes of at least 4 members (excludes halogenated alkanes) is 22. The molecular formula is C33H64O2. The molecule has 208 valence electrons. The van der Waals surface area contributed by atoms with Crippen molar-refractivity contribution in [3.05, 3.63) is 12.2 Å². The average Bonchev–Trinajstić information content (AvgIpc) is 2.84. The van der Waals surface area contributed by atoms with Crippen molar-refractivity contribution in [2.24, 2.45) is 5.92 Å². The van der Waals surface area contributed by atoms with E-state index in [1.165, 1.54) is 148 Å². The molecule has 0 rings (SSSR count). The van der Waals surface area contributed by atoms with Gasteiger partial charge in [-0.15, -0.1) is 0 Å². The van der Waals surface area contributed by atoms with E-state index in [0.29, 0.717) is 6.61 Å². The largest absolute Gasteiger partial charge is 0.463 e. The van der Waals surface area contributed by atoms with Crippen LogP contribution in [0.2, 0.25) is 0 Å². The number of hydrogen-bond acceptors (Lipinski definition) is 2. The van der Waals surface area contributed by atoms with Crippen LogP contribution < -0.4 is 0 Å². The molecule has 0 saturated heterocycles. The first-order valence-corrected chi connectivity index (χ1v) is 16.0. The molecule has 0 heterocycles. The van der Waals surface area contributed by atoms with Crippen LogP contribution in [0.25, 0.3) is 0 Å². The number of rotatable bonds is 28. The van der Waals surface area contributed by atoms with Crippen molar-refractivity contribution >= 4 is 5.97 Å². The van der Waals surface area contributed by atoms with Crippen LogP contribution in [0.4, 0.5) is 0 Å². The second-order valence-corrected chi connectivity index (χ2v) is 11.3. The van der Waals surface area contributed by atoms with E-state index in [4.69, 9.17) is 4.74 Å². The minimum absolute atomic E-state index is 0.155. The Morgan fingerprint density at radius 1 is 0.571 bits per heavy atom. The van der Waals surface area contributed by atoms with Gasteiger partial charge in [0.25, 0.3) is 0 Å². The van der Waals surface area contributed by atoms with Crippen molar-refractivity contribution in [3.63, 3.8) is 0 Å². The van der Waals surface area contributed by atoms with Crippen LogP contribution in [0.1, 0.15) is 181 Å². The number of carbonyl (C=O) groups is 1. The smallest absolute Gasteiger partial charge is 0.330 e. The van der Waals surface area contributed by atoms with E-state index >= 15 is 0 Å². The molecule has 0 fully saturated rings. The maximum absolute atomic E-state index is 11.8. The highest BCUT2D eigenvalue weighted by molar-refractivity contribution is 5.81. The molecule has 2 heteroatoms. The summed E-state index contributed by atoms with van der Waals surface area (Å²) in [6, 6.07) is 0. The molecule has 0 N–H and O–H groups in total. The second kappa shape index (κ2) is 29.4. The molecule has 0 unspecified atom stereocenters. The van der Waals surface area contributed by atoms with Crippen molar-refractivity contribution in [2.75, 3.05) is 6.61 Å². The minimum Gasteiger partial charge on any atom is -0.463 e. The SMILES string of the molecule is CCCCCCCCCCCCCCCC=CC(=O)OCCCCCCCCCCCCC(C)C. The Hall–Kier alpha value is -0.790. The van der Waals surface area contributed by atoms with Gasteiger partial charge in [0.15, 0.2) is 0 Å². The third-order valence-corrected chi connectivity index (χ3v) is 7.15. The van der Waals surface area contributed by atoms with Gasteiger partial charge in [-0.1, -0.05) is 168 Å². The van der Waals surface area contributed by atoms with Crippen molar-refractivity contribution < 1.29 is 9.53 Å². The van der Waals surface area contributed by atoms with Gasteiger partial charge in [-0.25, -0.2) is 4.79 Å². The molecule has 35 heavy (non-hydrogen) atoms. The van der Waals surface area contributed by atoms with Crippen LogP contribution in [-0.4, -0.2) is 12.6 Å². The molecule has 0 atom stereocenters. The van der Waals surface area contributed by atoms with Gasteiger partial charge in [0.05, 0.1) is 6.61 Å². The van der Waals surface area contributed by atoms with Gasteiger partial charge in [0, 0.05) is 6.08 Å². The average molecular weight is 493 g/mol. The second-order valence-electron chi connectivity index (χ2n) is 11.3. The first-order valence-electron chi connectivity index (χ1n) is 16.0. The first kappa shape index (κ1) is 34.2. The molecule has 0 aliphatic carbocycles. The number of esters is 1. The Morgan fingerprint density at radius 3 is 1.43 bits per heavy atom. The zero-order valence-corrected chi connectivity index (χ0v) is 24.4. The van der Waals surface area contributed by atoms with E-state index in [9.17, 15) is 4.79 Å². The van der Waals surface area contributed by atoms with E-state index in [0.717, 1.165) is 18.8 Å². The lowest BCUT2D eigenvalue weighted by atomic mass is 10.0. The standard InChI is InChI=1S/C33H64O2/c1-4-5-6-7-8-9-10-11-12-13-14-18-21-24-27-30-33(34)35-31-28-25-22-19-16-15-17-20-23-26-29-32(2)3/h27,30,32H,4-26,28-29,31H2,1-3H3. The van der Waals surface area contributed by atoms with Gasteiger partial charge in [-0.3, -0.25) is 0 Å². The maximum atomic E-state index is 11.8. The monoisotopic (exact) mass is 492 g/mol. The van der Waals surface area contributed by atoms with Gasteiger partial charge in [-0.2, -0.15) is 0 Å². The Morgan fingerprint density at radius 2 is 0.971 bits per heavy atom.